The minimum atomic E-state index is -0.135. The van der Waals surface area contributed by atoms with Crippen LogP contribution in [0.5, 0.6) is 0 Å². The van der Waals surface area contributed by atoms with Crippen LogP contribution in [-0.2, 0) is 4.74 Å². The van der Waals surface area contributed by atoms with Crippen molar-refractivity contribution < 1.29 is 9.53 Å². The van der Waals surface area contributed by atoms with Gasteiger partial charge in [-0.05, 0) is 6.92 Å². The fraction of sp³-hybridized carbons (Fsp3) is 0.600. The molecule has 0 atom stereocenters. The highest BCUT2D eigenvalue weighted by molar-refractivity contribution is 7.13. The van der Waals surface area contributed by atoms with Crippen molar-refractivity contribution in [1.82, 2.24) is 15.4 Å². The van der Waals surface area contributed by atoms with Crippen molar-refractivity contribution in [3.63, 3.8) is 0 Å². The Bertz CT molecular complexity index is 351. The Labute approximate surface area is 104 Å². The summed E-state index contributed by atoms with van der Waals surface area (Å²) >= 11 is 1.46. The molecule has 0 spiro atoms. The number of aromatic nitrogens is 1. The number of rotatable bonds is 3. The minimum absolute atomic E-state index is 0.135. The maximum atomic E-state index is 12.0. The molecule has 0 saturated carbocycles. The number of nitrogens with one attached hydrogen (secondary N) is 1. The number of ether oxygens (including phenoxy) is 1. The number of thiazole rings is 1. The lowest BCUT2D eigenvalue weighted by atomic mass is 10.5. The molecule has 6 nitrogen and oxygen atoms in total. The number of hydrogen-bond donors (Lipinski definition) is 1. The van der Waals surface area contributed by atoms with Gasteiger partial charge < -0.3 is 4.74 Å². The van der Waals surface area contributed by atoms with Crippen LogP contribution in [0.15, 0.2) is 11.6 Å². The monoisotopic (exact) mass is 256 g/mol. The lowest BCUT2D eigenvalue weighted by molar-refractivity contribution is 0.0201. The molecular formula is C10H16N4O2S. The standard InChI is InChI=1S/C10H16N4O2S/c1-2-14(10-11-3-8-17-10)9(15)12-13-4-6-16-7-5-13/h3,8H,2,4-7H2,1H3,(H,12,15). The van der Waals surface area contributed by atoms with Crippen molar-refractivity contribution in [3.05, 3.63) is 11.6 Å². The van der Waals surface area contributed by atoms with Crippen LogP contribution in [0.2, 0.25) is 0 Å². The molecule has 1 aliphatic rings. The molecule has 7 heteroatoms. The summed E-state index contributed by atoms with van der Waals surface area (Å²) in [5, 5.41) is 4.46. The summed E-state index contributed by atoms with van der Waals surface area (Å²) in [7, 11) is 0. The smallest absolute Gasteiger partial charge is 0.338 e. The van der Waals surface area contributed by atoms with E-state index in [-0.39, 0.29) is 6.03 Å². The molecule has 0 aliphatic carbocycles. The highest BCUT2D eigenvalue weighted by Crippen LogP contribution is 2.16. The number of nitrogens with zero attached hydrogens (tertiary/aromatic N) is 3. The van der Waals surface area contributed by atoms with Gasteiger partial charge in [0.2, 0.25) is 0 Å². The van der Waals surface area contributed by atoms with Crippen LogP contribution < -0.4 is 10.3 Å². The summed E-state index contributed by atoms with van der Waals surface area (Å²) in [6.07, 6.45) is 1.70. The van der Waals surface area contributed by atoms with Gasteiger partial charge in [-0.3, -0.25) is 10.3 Å². The Kier molecular flexibility index (Phi) is 4.29. The molecular weight excluding hydrogens is 240 g/mol. The van der Waals surface area contributed by atoms with Gasteiger partial charge in [0.05, 0.1) is 13.2 Å². The van der Waals surface area contributed by atoms with E-state index >= 15 is 0 Å². The van der Waals surface area contributed by atoms with Gasteiger partial charge in [-0.25, -0.2) is 14.8 Å². The molecule has 0 bridgehead atoms. The zero-order valence-electron chi connectivity index (χ0n) is 9.76. The molecule has 0 radical (unpaired) electrons. The summed E-state index contributed by atoms with van der Waals surface area (Å²) < 4.78 is 5.22. The quantitative estimate of drug-likeness (QED) is 0.874. The van der Waals surface area contributed by atoms with Crippen molar-refractivity contribution in [2.45, 2.75) is 6.92 Å². The van der Waals surface area contributed by atoms with Gasteiger partial charge in [-0.1, -0.05) is 0 Å². The van der Waals surface area contributed by atoms with Crippen molar-refractivity contribution in [1.29, 1.82) is 0 Å². The number of carbonyl (C=O) groups is 1. The molecule has 0 aromatic carbocycles. The predicted molar refractivity (Wildman–Crippen MR) is 66.1 cm³/mol. The van der Waals surface area contributed by atoms with Gasteiger partial charge in [-0.2, -0.15) is 0 Å². The molecule has 2 rings (SSSR count). The van der Waals surface area contributed by atoms with E-state index in [1.165, 1.54) is 11.3 Å². The molecule has 1 aromatic heterocycles. The summed E-state index contributed by atoms with van der Waals surface area (Å²) in [5.74, 6) is 0. The van der Waals surface area contributed by atoms with Gasteiger partial charge in [0.1, 0.15) is 0 Å². The van der Waals surface area contributed by atoms with E-state index in [1.54, 1.807) is 11.1 Å². The van der Waals surface area contributed by atoms with Crippen molar-refractivity contribution in [2.75, 3.05) is 37.7 Å². The number of hydrazine groups is 1. The van der Waals surface area contributed by atoms with E-state index in [4.69, 9.17) is 4.74 Å². The van der Waals surface area contributed by atoms with Crippen molar-refractivity contribution >= 4 is 22.5 Å². The maximum absolute atomic E-state index is 12.0. The zero-order valence-corrected chi connectivity index (χ0v) is 10.6. The van der Waals surface area contributed by atoms with Crippen molar-refractivity contribution in [3.8, 4) is 0 Å². The molecule has 1 N–H and O–H groups in total. The predicted octanol–water partition coefficient (Wildman–Crippen LogP) is 0.926. The number of urea groups is 1. The van der Waals surface area contributed by atoms with Crippen LogP contribution in [0.3, 0.4) is 0 Å². The number of morpholine rings is 1. The SMILES string of the molecule is CCN(C(=O)NN1CCOCC1)c1nccs1. The van der Waals surface area contributed by atoms with Gasteiger partial charge >= 0.3 is 6.03 Å². The lowest BCUT2D eigenvalue weighted by Gasteiger charge is -2.29. The van der Waals surface area contributed by atoms with Gasteiger partial charge in [0.25, 0.3) is 0 Å². The molecule has 1 aliphatic heterocycles. The van der Waals surface area contributed by atoms with Crippen LogP contribution >= 0.6 is 11.3 Å². The number of hydrogen-bond acceptors (Lipinski definition) is 5. The van der Waals surface area contributed by atoms with Crippen LogP contribution in [0.1, 0.15) is 6.92 Å². The lowest BCUT2D eigenvalue weighted by Crippen LogP contribution is -2.53. The molecule has 2 amide bonds. The van der Waals surface area contributed by atoms with Crippen LogP contribution in [0.4, 0.5) is 9.93 Å². The third-order valence-electron chi connectivity index (χ3n) is 2.48. The highest BCUT2D eigenvalue weighted by atomic mass is 32.1. The second-order valence-corrected chi connectivity index (χ2v) is 4.45. The molecule has 94 valence electrons. The van der Waals surface area contributed by atoms with Crippen molar-refractivity contribution in [2.24, 2.45) is 0 Å². The normalized spacial score (nSPS) is 16.8. The van der Waals surface area contributed by atoms with Crippen LogP contribution in [0, 0.1) is 0 Å². The van der Waals surface area contributed by atoms with E-state index < -0.39 is 0 Å². The fourth-order valence-corrected chi connectivity index (χ4v) is 2.29. The first-order valence-corrected chi connectivity index (χ1v) is 6.49. The average molecular weight is 256 g/mol. The Morgan fingerprint density at radius 1 is 1.65 bits per heavy atom. The third-order valence-corrected chi connectivity index (χ3v) is 3.27. The largest absolute Gasteiger partial charge is 0.379 e. The van der Waals surface area contributed by atoms with E-state index in [0.29, 0.717) is 19.8 Å². The third kappa shape index (κ3) is 3.15. The van der Waals surface area contributed by atoms with E-state index in [1.807, 2.05) is 17.3 Å². The fourth-order valence-electron chi connectivity index (χ4n) is 1.59. The second-order valence-electron chi connectivity index (χ2n) is 3.58. The minimum Gasteiger partial charge on any atom is -0.379 e. The molecule has 1 saturated heterocycles. The highest BCUT2D eigenvalue weighted by Gasteiger charge is 2.19. The molecule has 1 fully saturated rings. The molecule has 1 aromatic rings. The summed E-state index contributed by atoms with van der Waals surface area (Å²) in [4.78, 5) is 17.8. The summed E-state index contributed by atoms with van der Waals surface area (Å²) in [6.45, 7) is 5.29. The number of anilines is 1. The Hall–Kier alpha value is -1.18. The number of carbonyl (C=O) groups excluding carboxylic acids is 1. The van der Waals surface area contributed by atoms with Crippen LogP contribution in [0.25, 0.3) is 0 Å². The first kappa shape index (κ1) is 12.3. The second kappa shape index (κ2) is 5.95. The van der Waals surface area contributed by atoms with E-state index in [2.05, 4.69) is 10.4 Å². The topological polar surface area (TPSA) is 57.7 Å². The Morgan fingerprint density at radius 3 is 3.00 bits per heavy atom. The number of amides is 2. The summed E-state index contributed by atoms with van der Waals surface area (Å²) in [5.41, 5.74) is 2.87. The Morgan fingerprint density at radius 2 is 2.41 bits per heavy atom. The first-order chi connectivity index (χ1) is 8.31. The van der Waals surface area contributed by atoms with Gasteiger partial charge in [0, 0.05) is 31.2 Å². The maximum Gasteiger partial charge on any atom is 0.338 e. The van der Waals surface area contributed by atoms with Gasteiger partial charge in [-0.15, -0.1) is 11.3 Å². The zero-order chi connectivity index (χ0) is 12.1. The molecule has 2 heterocycles. The average Bonchev–Trinajstić information content (AvgIpc) is 2.85. The molecule has 17 heavy (non-hydrogen) atoms. The summed E-state index contributed by atoms with van der Waals surface area (Å²) in [6, 6.07) is -0.135. The van der Waals surface area contributed by atoms with E-state index in [0.717, 1.165) is 18.2 Å². The first-order valence-electron chi connectivity index (χ1n) is 5.61. The van der Waals surface area contributed by atoms with Crippen LogP contribution in [-0.4, -0.2) is 48.9 Å². The van der Waals surface area contributed by atoms with Gasteiger partial charge in [0.15, 0.2) is 5.13 Å². The van der Waals surface area contributed by atoms with E-state index in [9.17, 15) is 4.79 Å². The molecule has 0 unspecified atom stereocenters. The Balaban J connectivity index is 1.93.